The van der Waals surface area contributed by atoms with E-state index in [0.29, 0.717) is 0 Å². The normalized spacial score (nSPS) is 12.5. The summed E-state index contributed by atoms with van der Waals surface area (Å²) in [6, 6.07) is 1.47. The van der Waals surface area contributed by atoms with Crippen molar-refractivity contribution in [2.24, 2.45) is 0 Å². The van der Waals surface area contributed by atoms with Crippen molar-refractivity contribution >= 4 is 0 Å². The highest BCUT2D eigenvalue weighted by Gasteiger charge is 2.55. The second-order valence-corrected chi connectivity index (χ2v) is 2.48. The van der Waals surface area contributed by atoms with E-state index in [1.54, 1.807) is 0 Å². The zero-order chi connectivity index (χ0) is 12.1. The van der Waals surface area contributed by atoms with Gasteiger partial charge in [-0.15, -0.1) is 0 Å². The first-order valence-corrected chi connectivity index (χ1v) is 3.62. The van der Waals surface area contributed by atoms with Crippen LogP contribution in [0.4, 0.5) is 26.9 Å². The highest BCUT2D eigenvalue weighted by molar-refractivity contribution is 4.75. The van der Waals surface area contributed by atoms with Crippen LogP contribution in [-0.4, -0.2) is 21.8 Å². The molecule has 88 valence electrons. The zero-order valence-electron chi connectivity index (χ0n) is 7.18. The van der Waals surface area contributed by atoms with Crippen LogP contribution in [0.2, 0.25) is 0 Å². The molecule has 0 spiro atoms. The summed E-state index contributed by atoms with van der Waals surface area (Å²) in [6.45, 7) is 0. The Balaban J connectivity index is 4.74. The first-order chi connectivity index (χ1) is 6.89. The minimum absolute atomic E-state index is 0.378. The smallest absolute Gasteiger partial charge is 0.198 e. The lowest BCUT2D eigenvalue weighted by atomic mass is 10.1. The van der Waals surface area contributed by atoms with Gasteiger partial charge in [-0.3, -0.25) is 0 Å². The molecule has 0 aromatic carbocycles. The van der Waals surface area contributed by atoms with Crippen molar-refractivity contribution in [2.75, 3.05) is 0 Å². The number of unbranched alkanes of at least 4 members (excludes halogenated alkanes) is 1. The highest BCUT2D eigenvalue weighted by Crippen LogP contribution is 2.33. The van der Waals surface area contributed by atoms with Crippen molar-refractivity contribution in [1.29, 1.82) is 5.26 Å². The van der Waals surface area contributed by atoms with E-state index >= 15 is 0 Å². The molecule has 0 saturated carbocycles. The van der Waals surface area contributed by atoms with E-state index in [2.05, 4.69) is 0 Å². The molecule has 0 saturated heterocycles. The molecule has 0 radical (unpaired) electrons. The van der Waals surface area contributed by atoms with Crippen molar-refractivity contribution in [2.45, 2.75) is 25.0 Å². The minimum atomic E-state index is -4.10. The van der Waals surface area contributed by atoms with Crippen LogP contribution in [0.3, 0.4) is 0 Å². The van der Waals surface area contributed by atoms with Gasteiger partial charge < -0.3 is 0 Å². The quantitative estimate of drug-likeness (QED) is 0.307. The van der Waals surface area contributed by atoms with Gasteiger partial charge >= 0.3 is 5.79 Å². The number of nitriles is 1. The van der Waals surface area contributed by atoms with Crippen LogP contribution in [-0.2, 0) is 0 Å². The fraction of sp³-hybridized carbons (Fsp3) is 0.800. The molecule has 0 fully saturated rings. The van der Waals surface area contributed by atoms with Crippen LogP contribution in [0, 0.1) is 11.3 Å². The monoisotopic (exact) mass is 236 g/mol. The van der Waals surface area contributed by atoms with E-state index in [4.69, 9.17) is 5.26 Å². The molecule has 0 aliphatic heterocycles. The predicted molar refractivity (Wildman–Crippen MR) is 34.4 cm³/mol. The average Bonchev–Trinajstić information content (AvgIpc) is 2.10. The lowest BCUT2D eigenvalue weighted by Crippen LogP contribution is -2.56. The lowest BCUT2D eigenvalue weighted by molar-refractivity contribution is -0.479. The maximum absolute atomic E-state index is 12.0. The predicted octanol–water partition coefficient (Wildman–Crippen LogP) is 2.55. The summed E-state index contributed by atoms with van der Waals surface area (Å²) in [5.41, 5.74) is 0. The Kier molecular flexibility index (Phi) is 5.34. The minimum Gasteiger partial charge on any atom is -0.198 e. The second-order valence-electron chi connectivity index (χ2n) is 2.48. The van der Waals surface area contributed by atoms with Gasteiger partial charge in [0.2, 0.25) is 0 Å². The number of nitrogens with zero attached hydrogens (tertiary/aromatic N) is 4. The summed E-state index contributed by atoms with van der Waals surface area (Å²) in [5.74, 6) is -4.10. The Morgan fingerprint density at radius 1 is 0.933 bits per heavy atom. The molecule has 0 aromatic heterocycles. The molecule has 0 N–H and O–H groups in total. The average molecular weight is 236 g/mol. The van der Waals surface area contributed by atoms with Gasteiger partial charge in [0.05, 0.1) is 22.1 Å². The summed E-state index contributed by atoms with van der Waals surface area (Å²) in [5, 5.41) is 1.12. The van der Waals surface area contributed by atoms with E-state index in [1.165, 1.54) is 6.07 Å². The number of hydrogen-bond acceptors (Lipinski definition) is 4. The molecule has 0 amide bonds. The molecule has 15 heavy (non-hydrogen) atoms. The standard InChI is InChI=1S/C5H6F6N4/c6-13(7)5(14(8)9,15(10)11)3-1-2-4-12/h1-3H2. The molecule has 0 unspecified atom stereocenters. The van der Waals surface area contributed by atoms with Crippen LogP contribution < -0.4 is 0 Å². The van der Waals surface area contributed by atoms with Crippen LogP contribution in [0.15, 0.2) is 0 Å². The van der Waals surface area contributed by atoms with Crippen molar-refractivity contribution in [3.63, 3.8) is 0 Å². The molecule has 0 heterocycles. The van der Waals surface area contributed by atoms with Crippen molar-refractivity contribution < 1.29 is 26.9 Å². The lowest BCUT2D eigenvalue weighted by Gasteiger charge is -2.31. The third-order valence-electron chi connectivity index (χ3n) is 1.61. The van der Waals surface area contributed by atoms with E-state index < -0.39 is 34.7 Å². The van der Waals surface area contributed by atoms with Gasteiger partial charge in [0.25, 0.3) is 0 Å². The summed E-state index contributed by atoms with van der Waals surface area (Å²) in [4.78, 5) is 0. The molecule has 10 heteroatoms. The van der Waals surface area contributed by atoms with Gasteiger partial charge in [0.1, 0.15) is 0 Å². The van der Waals surface area contributed by atoms with Gasteiger partial charge in [-0.25, -0.2) is 0 Å². The van der Waals surface area contributed by atoms with Crippen molar-refractivity contribution in [1.82, 2.24) is 16.0 Å². The van der Waals surface area contributed by atoms with Crippen molar-refractivity contribution in [3.05, 3.63) is 0 Å². The van der Waals surface area contributed by atoms with Gasteiger partial charge in [-0.2, -0.15) is 5.26 Å². The van der Waals surface area contributed by atoms with Crippen molar-refractivity contribution in [3.8, 4) is 6.07 Å². The first-order valence-electron chi connectivity index (χ1n) is 3.62. The fourth-order valence-electron chi connectivity index (χ4n) is 0.830. The highest BCUT2D eigenvalue weighted by atomic mass is 19.4. The third-order valence-corrected chi connectivity index (χ3v) is 1.61. The third kappa shape index (κ3) is 2.95. The van der Waals surface area contributed by atoms with Crippen LogP contribution in [0.25, 0.3) is 0 Å². The largest absolute Gasteiger partial charge is 0.305 e. The van der Waals surface area contributed by atoms with Gasteiger partial charge in [0.15, 0.2) is 0 Å². The molecule has 0 aromatic rings. The summed E-state index contributed by atoms with van der Waals surface area (Å²) >= 11 is 0. The number of rotatable bonds is 6. The van der Waals surface area contributed by atoms with Gasteiger partial charge in [0, 0.05) is 12.8 Å². The Bertz CT molecular complexity index is 204. The van der Waals surface area contributed by atoms with E-state index in [0.717, 1.165) is 0 Å². The molecule has 0 atom stereocenters. The van der Waals surface area contributed by atoms with E-state index in [-0.39, 0.29) is 6.42 Å². The molecule has 0 bridgehead atoms. The zero-order valence-corrected chi connectivity index (χ0v) is 7.18. The molecule has 0 rings (SSSR count). The van der Waals surface area contributed by atoms with Crippen LogP contribution in [0.5, 0.6) is 0 Å². The number of hydrogen-bond donors (Lipinski definition) is 0. The molecular weight excluding hydrogens is 230 g/mol. The Hall–Kier alpha value is -1.05. The fourth-order valence-corrected chi connectivity index (χ4v) is 0.830. The molecule has 0 aliphatic rings. The van der Waals surface area contributed by atoms with E-state index in [9.17, 15) is 26.9 Å². The maximum atomic E-state index is 12.0. The molecule has 0 aliphatic carbocycles. The van der Waals surface area contributed by atoms with Gasteiger partial charge in [-0.05, 0) is 6.42 Å². The summed E-state index contributed by atoms with van der Waals surface area (Å²) in [7, 11) is 0. The molecular formula is C5H6F6N4. The SMILES string of the molecule is N#CCCCC(N(F)F)(N(F)F)N(F)F. The van der Waals surface area contributed by atoms with E-state index in [1.807, 2.05) is 0 Å². The molecule has 4 nitrogen and oxygen atoms in total. The summed E-state index contributed by atoms with van der Waals surface area (Å²) < 4.78 is 71.9. The van der Waals surface area contributed by atoms with Crippen LogP contribution >= 0.6 is 0 Å². The topological polar surface area (TPSA) is 33.5 Å². The Morgan fingerprint density at radius 2 is 1.33 bits per heavy atom. The van der Waals surface area contributed by atoms with Gasteiger partial charge in [-0.1, -0.05) is 26.9 Å². The Labute approximate surface area is 80.5 Å². The van der Waals surface area contributed by atoms with Crippen LogP contribution in [0.1, 0.15) is 19.3 Å². The first kappa shape index (κ1) is 13.9. The number of halogens is 6. The second kappa shape index (κ2) is 5.74. The maximum Gasteiger partial charge on any atom is 0.305 e. The Morgan fingerprint density at radius 3 is 1.60 bits per heavy atom. The summed E-state index contributed by atoms with van der Waals surface area (Å²) in [6.07, 6.45) is -2.18.